The van der Waals surface area contributed by atoms with Crippen LogP contribution in [0.5, 0.6) is 0 Å². The number of aromatic nitrogens is 2. The molecule has 0 atom stereocenters. The number of benzene rings is 1. The molecule has 128 valence electrons. The molecule has 1 N–H and O–H groups in total. The van der Waals surface area contributed by atoms with Gasteiger partial charge in [-0.25, -0.2) is 4.98 Å². The second kappa shape index (κ2) is 6.89. The van der Waals surface area contributed by atoms with Gasteiger partial charge < -0.3 is 10.0 Å². The first-order chi connectivity index (χ1) is 11.5. The van der Waals surface area contributed by atoms with Crippen molar-refractivity contribution in [3.05, 3.63) is 35.2 Å². The van der Waals surface area contributed by atoms with Crippen LogP contribution in [0.1, 0.15) is 29.7 Å². The maximum atomic E-state index is 10.9. The molecule has 0 saturated heterocycles. The van der Waals surface area contributed by atoms with E-state index in [1.807, 2.05) is 13.1 Å². The Labute approximate surface area is 146 Å². The summed E-state index contributed by atoms with van der Waals surface area (Å²) in [4.78, 5) is 17.5. The molecule has 2 aromatic rings. The number of thioether (sulfide) groups is 1. The number of hydrogen-bond acceptors (Lipinski definition) is 4. The third kappa shape index (κ3) is 3.15. The van der Waals surface area contributed by atoms with E-state index in [2.05, 4.69) is 40.7 Å². The molecule has 0 fully saturated rings. The van der Waals surface area contributed by atoms with Crippen LogP contribution >= 0.6 is 11.8 Å². The van der Waals surface area contributed by atoms with Crippen molar-refractivity contribution in [1.29, 1.82) is 0 Å². The second-order valence-corrected chi connectivity index (χ2v) is 7.30. The molecule has 0 unspecified atom stereocenters. The number of aliphatic carboxylic acids is 1. The minimum atomic E-state index is -0.822. The summed E-state index contributed by atoms with van der Waals surface area (Å²) >= 11 is 1.27. The van der Waals surface area contributed by atoms with Crippen LogP contribution in [0.25, 0.3) is 5.69 Å². The predicted molar refractivity (Wildman–Crippen MR) is 97.6 cm³/mol. The summed E-state index contributed by atoms with van der Waals surface area (Å²) in [6, 6.07) is 4.32. The van der Waals surface area contributed by atoms with Crippen molar-refractivity contribution in [3.63, 3.8) is 0 Å². The molecular formula is C18H23N3O2S. The SMILES string of the molecule is Cc1cnc(SCC(=O)O)n1-c1ccc(N(C)C)c2c1CCCC2. The predicted octanol–water partition coefficient (Wildman–Crippen LogP) is 3.30. The zero-order valence-electron chi connectivity index (χ0n) is 14.4. The fourth-order valence-electron chi connectivity index (χ4n) is 3.39. The summed E-state index contributed by atoms with van der Waals surface area (Å²) in [5.41, 5.74) is 6.27. The van der Waals surface area contributed by atoms with E-state index in [-0.39, 0.29) is 5.75 Å². The Hall–Kier alpha value is -1.95. The van der Waals surface area contributed by atoms with Gasteiger partial charge in [-0.15, -0.1) is 0 Å². The fourth-order valence-corrected chi connectivity index (χ4v) is 4.15. The van der Waals surface area contributed by atoms with Crippen LogP contribution in [-0.2, 0) is 17.6 Å². The van der Waals surface area contributed by atoms with E-state index < -0.39 is 5.97 Å². The lowest BCUT2D eigenvalue weighted by Gasteiger charge is -2.27. The Morgan fingerprint density at radius 3 is 2.67 bits per heavy atom. The molecule has 24 heavy (non-hydrogen) atoms. The summed E-state index contributed by atoms with van der Waals surface area (Å²) in [5, 5.41) is 9.72. The van der Waals surface area contributed by atoms with E-state index in [1.54, 1.807) is 0 Å². The molecule has 1 aromatic carbocycles. The lowest BCUT2D eigenvalue weighted by molar-refractivity contribution is -0.133. The van der Waals surface area contributed by atoms with Crippen molar-refractivity contribution >= 4 is 23.4 Å². The van der Waals surface area contributed by atoms with Crippen molar-refractivity contribution < 1.29 is 9.90 Å². The van der Waals surface area contributed by atoms with Gasteiger partial charge in [-0.05, 0) is 55.9 Å². The van der Waals surface area contributed by atoms with Crippen molar-refractivity contribution in [1.82, 2.24) is 9.55 Å². The number of nitrogens with zero attached hydrogens (tertiary/aromatic N) is 3. The third-order valence-electron chi connectivity index (χ3n) is 4.44. The number of aryl methyl sites for hydroxylation is 1. The van der Waals surface area contributed by atoms with Crippen LogP contribution in [0.4, 0.5) is 5.69 Å². The van der Waals surface area contributed by atoms with E-state index in [0.717, 1.165) is 29.4 Å². The van der Waals surface area contributed by atoms with Crippen LogP contribution < -0.4 is 4.90 Å². The van der Waals surface area contributed by atoms with Gasteiger partial charge in [0.2, 0.25) is 0 Å². The highest BCUT2D eigenvalue weighted by atomic mass is 32.2. The number of imidazole rings is 1. The van der Waals surface area contributed by atoms with Gasteiger partial charge >= 0.3 is 5.97 Å². The largest absolute Gasteiger partial charge is 0.481 e. The smallest absolute Gasteiger partial charge is 0.313 e. The summed E-state index contributed by atoms with van der Waals surface area (Å²) in [7, 11) is 4.17. The monoisotopic (exact) mass is 345 g/mol. The summed E-state index contributed by atoms with van der Waals surface area (Å²) in [6.45, 7) is 2.02. The summed E-state index contributed by atoms with van der Waals surface area (Å²) in [5.74, 6) is -0.800. The molecule has 0 bridgehead atoms. The van der Waals surface area contributed by atoms with Crippen molar-refractivity contribution in [3.8, 4) is 5.69 Å². The minimum absolute atomic E-state index is 0.0222. The molecule has 1 aromatic heterocycles. The number of carboxylic acids is 1. The van der Waals surface area contributed by atoms with Gasteiger partial charge in [-0.2, -0.15) is 0 Å². The molecule has 3 rings (SSSR count). The van der Waals surface area contributed by atoms with Crippen molar-refractivity contribution in [2.45, 2.75) is 37.8 Å². The average molecular weight is 345 g/mol. The number of carbonyl (C=O) groups is 1. The highest BCUT2D eigenvalue weighted by Gasteiger charge is 2.21. The Bertz CT molecular complexity index is 768. The highest BCUT2D eigenvalue weighted by molar-refractivity contribution is 7.99. The minimum Gasteiger partial charge on any atom is -0.481 e. The third-order valence-corrected chi connectivity index (χ3v) is 5.38. The highest BCUT2D eigenvalue weighted by Crippen LogP contribution is 2.36. The van der Waals surface area contributed by atoms with Crippen LogP contribution in [0, 0.1) is 6.92 Å². The van der Waals surface area contributed by atoms with Gasteiger partial charge in [0.25, 0.3) is 0 Å². The Kier molecular flexibility index (Phi) is 4.85. The zero-order valence-corrected chi connectivity index (χ0v) is 15.2. The zero-order chi connectivity index (χ0) is 17.3. The van der Waals surface area contributed by atoms with E-state index in [9.17, 15) is 4.79 Å². The Balaban J connectivity index is 2.10. The number of carboxylic acid groups (broad SMARTS) is 1. The van der Waals surface area contributed by atoms with Gasteiger partial charge in [0, 0.05) is 31.7 Å². The molecular weight excluding hydrogens is 322 g/mol. The summed E-state index contributed by atoms with van der Waals surface area (Å²) in [6.07, 6.45) is 6.40. The van der Waals surface area contributed by atoms with Crippen LogP contribution in [0.15, 0.2) is 23.5 Å². The first-order valence-corrected chi connectivity index (χ1v) is 9.19. The van der Waals surface area contributed by atoms with Crippen LogP contribution in [0.3, 0.4) is 0 Å². The number of fused-ring (bicyclic) bond motifs is 1. The second-order valence-electron chi connectivity index (χ2n) is 6.36. The maximum Gasteiger partial charge on any atom is 0.313 e. The first kappa shape index (κ1) is 16.9. The number of hydrogen-bond donors (Lipinski definition) is 1. The lowest BCUT2D eigenvalue weighted by atomic mass is 9.88. The Morgan fingerprint density at radius 1 is 1.29 bits per heavy atom. The van der Waals surface area contributed by atoms with Crippen LogP contribution in [0.2, 0.25) is 0 Å². The van der Waals surface area contributed by atoms with E-state index >= 15 is 0 Å². The van der Waals surface area contributed by atoms with Gasteiger partial charge in [0.15, 0.2) is 5.16 Å². The molecule has 0 aliphatic heterocycles. The molecule has 1 heterocycles. The first-order valence-electron chi connectivity index (χ1n) is 8.20. The topological polar surface area (TPSA) is 58.4 Å². The fraction of sp³-hybridized carbons (Fsp3) is 0.444. The molecule has 5 nitrogen and oxygen atoms in total. The van der Waals surface area contributed by atoms with Gasteiger partial charge in [-0.3, -0.25) is 9.36 Å². The quantitative estimate of drug-likeness (QED) is 0.843. The van der Waals surface area contributed by atoms with Gasteiger partial charge in [0.05, 0.1) is 11.4 Å². The normalized spacial score (nSPS) is 13.6. The number of rotatable bonds is 5. The maximum absolute atomic E-state index is 10.9. The van der Waals surface area contributed by atoms with Crippen LogP contribution in [-0.4, -0.2) is 40.5 Å². The standard InChI is InChI=1S/C18H23N3O2S/c1-12-10-19-18(24-11-17(22)23)21(12)16-9-8-15(20(2)3)13-6-4-5-7-14(13)16/h8-10H,4-7,11H2,1-3H3,(H,22,23). The van der Waals surface area contributed by atoms with E-state index in [0.29, 0.717) is 0 Å². The molecule has 0 radical (unpaired) electrons. The molecule has 0 saturated carbocycles. The Morgan fingerprint density at radius 2 is 2.00 bits per heavy atom. The average Bonchev–Trinajstić information content (AvgIpc) is 2.92. The van der Waals surface area contributed by atoms with E-state index in [1.165, 1.54) is 41.4 Å². The van der Waals surface area contributed by atoms with E-state index in [4.69, 9.17) is 5.11 Å². The number of anilines is 1. The lowest BCUT2D eigenvalue weighted by Crippen LogP contribution is -2.17. The van der Waals surface area contributed by atoms with Gasteiger partial charge in [-0.1, -0.05) is 11.8 Å². The van der Waals surface area contributed by atoms with Gasteiger partial charge in [0.1, 0.15) is 0 Å². The molecule has 6 heteroatoms. The van der Waals surface area contributed by atoms with Crippen molar-refractivity contribution in [2.24, 2.45) is 0 Å². The molecule has 1 aliphatic rings. The molecule has 0 spiro atoms. The van der Waals surface area contributed by atoms with Crippen molar-refractivity contribution in [2.75, 3.05) is 24.7 Å². The summed E-state index contributed by atoms with van der Waals surface area (Å²) < 4.78 is 2.11. The molecule has 0 amide bonds. The molecule has 1 aliphatic carbocycles.